The minimum Gasteiger partial charge on any atom is -0.348 e. The van der Waals surface area contributed by atoms with Crippen molar-refractivity contribution in [2.45, 2.75) is 12.3 Å². The van der Waals surface area contributed by atoms with Crippen molar-refractivity contribution in [3.05, 3.63) is 35.4 Å². The number of amides is 1. The summed E-state index contributed by atoms with van der Waals surface area (Å²) in [5.41, 5.74) is 2.53. The molecule has 0 spiro atoms. The van der Waals surface area contributed by atoms with Crippen molar-refractivity contribution in [2.75, 3.05) is 14.1 Å². The lowest BCUT2D eigenvalue weighted by molar-refractivity contribution is -0.130. The van der Waals surface area contributed by atoms with Crippen molar-refractivity contribution < 1.29 is 4.79 Å². The molecule has 13 heavy (non-hydrogen) atoms. The molecule has 0 aromatic heterocycles. The van der Waals surface area contributed by atoms with E-state index in [4.69, 9.17) is 0 Å². The fourth-order valence-electron chi connectivity index (χ4n) is 1.79. The van der Waals surface area contributed by atoms with Crippen molar-refractivity contribution in [1.82, 2.24) is 4.90 Å². The molecule has 1 amide bonds. The first kappa shape index (κ1) is 8.30. The van der Waals surface area contributed by atoms with Crippen LogP contribution in [0, 0.1) is 0 Å². The summed E-state index contributed by atoms with van der Waals surface area (Å²) in [6.07, 6.45) is 0.910. The fraction of sp³-hybridized carbons (Fsp3) is 0.364. The van der Waals surface area contributed by atoms with Gasteiger partial charge in [-0.1, -0.05) is 24.3 Å². The van der Waals surface area contributed by atoms with Crippen LogP contribution >= 0.6 is 0 Å². The van der Waals surface area contributed by atoms with Crippen LogP contribution in [0.2, 0.25) is 0 Å². The van der Waals surface area contributed by atoms with Crippen LogP contribution in [0.4, 0.5) is 0 Å². The number of carbonyl (C=O) groups excluding carboxylic acids is 1. The topological polar surface area (TPSA) is 20.3 Å². The molecule has 68 valence electrons. The van der Waals surface area contributed by atoms with Crippen molar-refractivity contribution in [1.29, 1.82) is 0 Å². The molecule has 0 saturated heterocycles. The first-order valence-corrected chi connectivity index (χ1v) is 4.49. The van der Waals surface area contributed by atoms with Gasteiger partial charge in [-0.05, 0) is 17.5 Å². The van der Waals surface area contributed by atoms with Crippen molar-refractivity contribution in [3.63, 3.8) is 0 Å². The Morgan fingerprint density at radius 1 is 1.38 bits per heavy atom. The Hall–Kier alpha value is -1.31. The maximum Gasteiger partial charge on any atom is 0.229 e. The van der Waals surface area contributed by atoms with E-state index in [2.05, 4.69) is 6.07 Å². The molecule has 1 atom stereocenters. The Labute approximate surface area is 78.2 Å². The Kier molecular flexibility index (Phi) is 1.83. The summed E-state index contributed by atoms with van der Waals surface area (Å²) in [4.78, 5) is 13.3. The molecule has 1 aromatic carbocycles. The number of benzene rings is 1. The third kappa shape index (κ3) is 1.22. The van der Waals surface area contributed by atoms with E-state index in [-0.39, 0.29) is 11.8 Å². The minimum atomic E-state index is 0.117. The molecule has 0 heterocycles. The first-order valence-electron chi connectivity index (χ1n) is 4.49. The molecule has 0 bridgehead atoms. The summed E-state index contributed by atoms with van der Waals surface area (Å²) >= 11 is 0. The number of hydrogen-bond donors (Lipinski definition) is 0. The highest BCUT2D eigenvalue weighted by atomic mass is 16.2. The summed E-state index contributed by atoms with van der Waals surface area (Å²) in [6, 6.07) is 8.16. The van der Waals surface area contributed by atoms with Gasteiger partial charge in [0.1, 0.15) is 0 Å². The summed E-state index contributed by atoms with van der Waals surface area (Å²) in [5.74, 6) is 0.338. The SMILES string of the molecule is CN(C)C(=O)C1Cc2ccccc21. The van der Waals surface area contributed by atoms with Gasteiger partial charge in [0.25, 0.3) is 0 Å². The zero-order valence-electron chi connectivity index (χ0n) is 7.95. The lowest BCUT2D eigenvalue weighted by Crippen LogP contribution is -2.34. The second kappa shape index (κ2) is 2.87. The van der Waals surface area contributed by atoms with E-state index in [1.807, 2.05) is 32.3 Å². The highest BCUT2D eigenvalue weighted by Crippen LogP contribution is 2.35. The van der Waals surface area contributed by atoms with E-state index in [9.17, 15) is 4.79 Å². The molecule has 2 heteroatoms. The lowest BCUT2D eigenvalue weighted by atomic mass is 9.77. The Balaban J connectivity index is 2.22. The zero-order valence-corrected chi connectivity index (χ0v) is 7.95. The van der Waals surface area contributed by atoms with Crippen LogP contribution in [0.5, 0.6) is 0 Å². The van der Waals surface area contributed by atoms with E-state index in [1.165, 1.54) is 11.1 Å². The average Bonchev–Trinajstić information content (AvgIpc) is 2.06. The molecule has 0 saturated carbocycles. The van der Waals surface area contributed by atoms with E-state index in [1.54, 1.807) is 4.90 Å². The monoisotopic (exact) mass is 175 g/mol. The molecule has 1 aromatic rings. The third-order valence-corrected chi connectivity index (χ3v) is 2.59. The summed E-state index contributed by atoms with van der Waals surface area (Å²) in [6.45, 7) is 0. The van der Waals surface area contributed by atoms with Crippen molar-refractivity contribution in [2.24, 2.45) is 0 Å². The number of likely N-dealkylation sites (N-methyl/N-ethyl adjacent to an activating group) is 1. The van der Waals surface area contributed by atoms with Crippen LogP contribution < -0.4 is 0 Å². The van der Waals surface area contributed by atoms with Gasteiger partial charge in [-0.15, -0.1) is 0 Å². The predicted molar refractivity (Wildman–Crippen MR) is 51.6 cm³/mol. The molecule has 2 nitrogen and oxygen atoms in total. The predicted octanol–water partition coefficient (Wildman–Crippen LogP) is 1.41. The lowest BCUT2D eigenvalue weighted by Gasteiger charge is -2.30. The summed E-state index contributed by atoms with van der Waals surface area (Å²) in [7, 11) is 3.62. The Bertz CT molecular complexity index is 344. The number of nitrogens with zero attached hydrogens (tertiary/aromatic N) is 1. The van der Waals surface area contributed by atoms with Crippen LogP contribution in [0.15, 0.2) is 24.3 Å². The van der Waals surface area contributed by atoms with Gasteiger partial charge in [0, 0.05) is 14.1 Å². The molecule has 2 rings (SSSR count). The highest BCUT2D eigenvalue weighted by molar-refractivity contribution is 5.86. The smallest absolute Gasteiger partial charge is 0.229 e. The van der Waals surface area contributed by atoms with Gasteiger partial charge in [-0.2, -0.15) is 0 Å². The maximum absolute atomic E-state index is 11.6. The fourth-order valence-corrected chi connectivity index (χ4v) is 1.79. The molecular formula is C11H13NO. The maximum atomic E-state index is 11.6. The number of fused-ring (bicyclic) bond motifs is 1. The van der Waals surface area contributed by atoms with E-state index in [0.29, 0.717) is 0 Å². The molecule has 0 N–H and O–H groups in total. The largest absolute Gasteiger partial charge is 0.348 e. The van der Waals surface area contributed by atoms with Gasteiger partial charge in [0.15, 0.2) is 0 Å². The molecule has 0 radical (unpaired) electrons. The van der Waals surface area contributed by atoms with Crippen LogP contribution in [-0.4, -0.2) is 24.9 Å². The number of hydrogen-bond acceptors (Lipinski definition) is 1. The second-order valence-corrected chi connectivity index (χ2v) is 3.69. The van der Waals surface area contributed by atoms with Crippen molar-refractivity contribution >= 4 is 5.91 Å². The van der Waals surface area contributed by atoms with Crippen LogP contribution in [0.3, 0.4) is 0 Å². The standard InChI is InChI=1S/C11H13NO/c1-12(2)11(13)10-7-8-5-3-4-6-9(8)10/h3-6,10H,7H2,1-2H3. The number of rotatable bonds is 1. The Morgan fingerprint density at radius 3 is 2.69 bits per heavy atom. The molecule has 1 aliphatic rings. The molecule has 0 fully saturated rings. The number of carbonyl (C=O) groups is 1. The minimum absolute atomic E-state index is 0.117. The van der Waals surface area contributed by atoms with Gasteiger partial charge in [-0.3, -0.25) is 4.79 Å². The average molecular weight is 175 g/mol. The first-order chi connectivity index (χ1) is 6.20. The van der Waals surface area contributed by atoms with Crippen LogP contribution in [0.25, 0.3) is 0 Å². The third-order valence-electron chi connectivity index (χ3n) is 2.59. The Morgan fingerprint density at radius 2 is 2.08 bits per heavy atom. The molecule has 1 aliphatic carbocycles. The van der Waals surface area contributed by atoms with Crippen molar-refractivity contribution in [3.8, 4) is 0 Å². The van der Waals surface area contributed by atoms with E-state index < -0.39 is 0 Å². The zero-order chi connectivity index (χ0) is 9.42. The van der Waals surface area contributed by atoms with Gasteiger partial charge in [-0.25, -0.2) is 0 Å². The van der Waals surface area contributed by atoms with E-state index in [0.717, 1.165) is 6.42 Å². The van der Waals surface area contributed by atoms with Gasteiger partial charge in [0.2, 0.25) is 5.91 Å². The van der Waals surface area contributed by atoms with Gasteiger partial charge < -0.3 is 4.90 Å². The van der Waals surface area contributed by atoms with Crippen LogP contribution in [0.1, 0.15) is 17.0 Å². The molecule has 1 unspecified atom stereocenters. The van der Waals surface area contributed by atoms with Crippen LogP contribution in [-0.2, 0) is 11.2 Å². The summed E-state index contributed by atoms with van der Waals surface area (Å²) < 4.78 is 0. The van der Waals surface area contributed by atoms with E-state index >= 15 is 0 Å². The molecule has 0 aliphatic heterocycles. The highest BCUT2D eigenvalue weighted by Gasteiger charge is 2.32. The normalized spacial score (nSPS) is 18.8. The quantitative estimate of drug-likeness (QED) is 0.632. The van der Waals surface area contributed by atoms with Gasteiger partial charge in [0.05, 0.1) is 5.92 Å². The van der Waals surface area contributed by atoms with Gasteiger partial charge >= 0.3 is 0 Å². The molecular weight excluding hydrogens is 162 g/mol. The second-order valence-electron chi connectivity index (χ2n) is 3.69. The summed E-state index contributed by atoms with van der Waals surface area (Å²) in [5, 5.41) is 0.